The first kappa shape index (κ1) is 129. The minimum absolute atomic E-state index is 0. The van der Waals surface area contributed by atoms with E-state index in [9.17, 15) is 0 Å². The third-order valence-corrected chi connectivity index (χ3v) is 28.3. The van der Waals surface area contributed by atoms with Gasteiger partial charge in [0.05, 0.1) is 38.1 Å². The molecule has 0 amide bonds. The molecule has 0 radical (unpaired) electrons. The van der Waals surface area contributed by atoms with Crippen LogP contribution in [0.15, 0.2) is 116 Å². The molecule has 0 bridgehead atoms. The van der Waals surface area contributed by atoms with Crippen molar-refractivity contribution in [3.05, 3.63) is 132 Å². The maximum absolute atomic E-state index is 8.84. The Labute approximate surface area is 820 Å². The second kappa shape index (κ2) is 105. The number of thioether (sulfide) groups is 1. The first-order valence-corrected chi connectivity index (χ1v) is 56.9. The first-order chi connectivity index (χ1) is 64.0. The quantitative estimate of drug-likeness (QED) is 0.0328. The highest BCUT2D eigenvalue weighted by Gasteiger charge is 2.18. The van der Waals surface area contributed by atoms with Gasteiger partial charge in [-0.15, -0.1) is 32.1 Å². The number of piperidine rings is 2. The Morgan fingerprint density at radius 2 is 0.885 bits per heavy atom. The summed E-state index contributed by atoms with van der Waals surface area (Å²) in [6, 6.07) is 21.9. The minimum Gasteiger partial charge on any atom is -0.396 e. The molecule has 5 N–H and O–H groups in total. The molecule has 9 aliphatic carbocycles. The van der Waals surface area contributed by atoms with Crippen LogP contribution in [-0.2, 0) is 15.9 Å². The van der Waals surface area contributed by atoms with Gasteiger partial charge in [-0.3, -0.25) is 0 Å². The van der Waals surface area contributed by atoms with E-state index in [1.807, 2.05) is 0 Å². The van der Waals surface area contributed by atoms with Crippen LogP contribution in [0.2, 0.25) is 0 Å². The molecule has 11 nitrogen and oxygen atoms in total. The van der Waals surface area contributed by atoms with Crippen molar-refractivity contribution in [1.82, 2.24) is 10.2 Å². The minimum atomic E-state index is -0.571. The van der Waals surface area contributed by atoms with Gasteiger partial charge in [-0.05, 0) is 270 Å². The molecule has 5 aliphatic heterocycles. The van der Waals surface area contributed by atoms with Crippen LogP contribution in [0.5, 0.6) is 0 Å². The van der Waals surface area contributed by atoms with Crippen molar-refractivity contribution in [1.29, 1.82) is 0 Å². The van der Waals surface area contributed by atoms with E-state index in [0.717, 1.165) is 73.4 Å². The fraction of sp³-hybridized carbons (Fsp3) is 0.815. The van der Waals surface area contributed by atoms with Crippen molar-refractivity contribution in [2.75, 3.05) is 84.3 Å². The maximum Gasteiger partial charge on any atom is 0.0630 e. The first-order valence-electron chi connectivity index (χ1n) is 55.8. The summed E-state index contributed by atoms with van der Waals surface area (Å²) in [4.78, 5) is 4.88. The van der Waals surface area contributed by atoms with Crippen LogP contribution in [0.3, 0.4) is 0 Å². The molecular weight excluding hydrogens is 1630 g/mol. The molecule has 16 rings (SSSR count). The molecule has 5 unspecified atom stereocenters. The number of benzene rings is 2. The smallest absolute Gasteiger partial charge is 0.0630 e. The molecule has 2 aromatic rings. The van der Waals surface area contributed by atoms with Crippen LogP contribution >= 0.6 is 11.8 Å². The Balaban J connectivity index is -0.00000134. The van der Waals surface area contributed by atoms with Gasteiger partial charge in [0, 0.05) is 32.6 Å². The van der Waals surface area contributed by atoms with Crippen molar-refractivity contribution in [3.63, 3.8) is 0 Å². The Bertz CT molecular complexity index is 2480. The van der Waals surface area contributed by atoms with Crippen LogP contribution in [0.25, 0.3) is 10.4 Å². The second-order valence-electron chi connectivity index (χ2n) is 40.4. The zero-order valence-electron chi connectivity index (χ0n) is 88.0. The van der Waals surface area contributed by atoms with E-state index in [4.69, 9.17) is 41.9 Å². The Kier molecular flexibility index (Phi) is 104. The summed E-state index contributed by atoms with van der Waals surface area (Å²) in [6.45, 7) is 36.3. The number of nitrogens with zero attached hydrogens (tertiary/aromatic N) is 4. The van der Waals surface area contributed by atoms with Crippen molar-refractivity contribution in [3.8, 4) is 12.3 Å². The lowest BCUT2D eigenvalue weighted by atomic mass is 9.84. The summed E-state index contributed by atoms with van der Waals surface area (Å²) in [5, 5.41) is 39.1. The van der Waals surface area contributed by atoms with E-state index in [1.165, 1.54) is 441 Å². The number of rotatable bonds is 13. The molecule has 131 heavy (non-hydrogen) atoms. The van der Waals surface area contributed by atoms with Gasteiger partial charge in [0.2, 0.25) is 0 Å². The van der Waals surface area contributed by atoms with Crippen molar-refractivity contribution in [2.24, 2.45) is 46.5 Å². The van der Waals surface area contributed by atoms with Gasteiger partial charge in [-0.2, -0.15) is 11.8 Å². The zero-order valence-corrected chi connectivity index (χ0v) is 88.8. The van der Waals surface area contributed by atoms with E-state index in [-0.39, 0.29) is 27.8 Å². The number of aliphatic hydroxyl groups excluding tert-OH is 4. The lowest BCUT2D eigenvalue weighted by molar-refractivity contribution is -0.0292. The number of allylic oxidation sites excluding steroid dienone is 3. The van der Waals surface area contributed by atoms with E-state index < -0.39 is 6.10 Å². The Hall–Kier alpha value is -3.70. The summed E-state index contributed by atoms with van der Waals surface area (Å²) < 4.78 is 10.6. The fourth-order valence-electron chi connectivity index (χ4n) is 18.7. The molecule has 764 valence electrons. The number of azide groups is 1. The van der Waals surface area contributed by atoms with Crippen LogP contribution in [0.1, 0.15) is 485 Å². The number of likely N-dealkylation sites (tertiary alicyclic amines) is 1. The fourth-order valence-corrected chi connectivity index (χ4v) is 19.7. The number of aliphatic hydroxyl groups is 4. The number of hydrogen-bond acceptors (Lipinski definition) is 10. The van der Waals surface area contributed by atoms with Crippen molar-refractivity contribution < 1.29 is 31.3 Å². The summed E-state index contributed by atoms with van der Waals surface area (Å²) in [5.74, 6) is 13.2. The van der Waals surface area contributed by atoms with Crippen molar-refractivity contribution >= 4 is 11.8 Å². The lowest BCUT2D eigenvalue weighted by Gasteiger charge is -2.24. The molecule has 5 heterocycles. The highest BCUT2D eigenvalue weighted by molar-refractivity contribution is 7.99. The third-order valence-electron chi connectivity index (χ3n) is 27.2. The van der Waals surface area contributed by atoms with E-state index in [2.05, 4.69) is 193 Å². The van der Waals surface area contributed by atoms with Gasteiger partial charge in [0.15, 0.2) is 0 Å². The molecule has 0 aromatic heterocycles. The lowest BCUT2D eigenvalue weighted by Crippen LogP contribution is -2.24. The van der Waals surface area contributed by atoms with Gasteiger partial charge >= 0.3 is 0 Å². The normalized spacial score (nSPS) is 22.3. The molecule has 14 aliphatic rings. The van der Waals surface area contributed by atoms with Crippen molar-refractivity contribution in [2.45, 2.75) is 497 Å². The Morgan fingerprint density at radius 3 is 1.14 bits per heavy atom. The molecule has 0 spiro atoms. The largest absolute Gasteiger partial charge is 0.396 e. The second-order valence-corrected chi connectivity index (χ2v) is 41.7. The number of terminal acetylenes is 1. The summed E-state index contributed by atoms with van der Waals surface area (Å²) in [6.07, 6.45) is 105. The SMILES string of the molecule is C#CCCO.C1=CCCCC1.C1CCCCC1.C1CCNCC1.C1CCOCC1.C1CCSCC1.C=CCC(O)CN=[N+]=[N-].C=CCCCO.C=CCO.CC1CCCC(C)C1.CC1CCCC(C)O1.CC1CCCCC1.CC1CCCCC1.CC1CCCCC1.CCC1CCCCC1.CN1CCCCC1.[2HH].c1ccc(C2CCCCC2)cc1.c1ccc(CC2CCCCC2)cc1. The Morgan fingerprint density at radius 1 is 0.489 bits per heavy atom. The molecular formula is C119H221N5O6S. The van der Waals surface area contributed by atoms with Crippen LogP contribution in [-0.4, -0.2) is 128 Å². The van der Waals surface area contributed by atoms with Crippen LogP contribution in [0, 0.1) is 53.8 Å². The average molecular weight is 1850 g/mol. The number of unbranched alkanes of at least 4 members (excludes halogenated alkanes) is 1. The zero-order chi connectivity index (χ0) is 96.1. The summed E-state index contributed by atoms with van der Waals surface area (Å²) in [5.41, 5.74) is 10.9. The highest BCUT2D eigenvalue weighted by atomic mass is 32.2. The number of hydrogen-bond donors (Lipinski definition) is 5. The molecule has 8 saturated carbocycles. The predicted octanol–water partition coefficient (Wildman–Crippen LogP) is 35.1. The van der Waals surface area contributed by atoms with E-state index in [0.29, 0.717) is 25.0 Å². The van der Waals surface area contributed by atoms with Gasteiger partial charge < -0.3 is 40.1 Å². The summed E-state index contributed by atoms with van der Waals surface area (Å²) >= 11 is 2.09. The van der Waals surface area contributed by atoms with Crippen LogP contribution < -0.4 is 5.32 Å². The van der Waals surface area contributed by atoms with Gasteiger partial charge in [0.25, 0.3) is 0 Å². The molecule has 5 atom stereocenters. The van der Waals surface area contributed by atoms with E-state index in [1.54, 1.807) is 17.7 Å². The summed E-state index contributed by atoms with van der Waals surface area (Å²) in [7, 11) is 2.19. The van der Waals surface area contributed by atoms with Crippen LogP contribution in [0.4, 0.5) is 0 Å². The average Bonchev–Trinajstić information content (AvgIpc) is 0.873. The monoisotopic (exact) mass is 1850 g/mol. The molecule has 13 fully saturated rings. The molecule has 12 heteroatoms. The molecule has 5 saturated heterocycles. The highest BCUT2D eigenvalue weighted by Crippen LogP contribution is 2.34. The number of nitrogens with one attached hydrogen (secondary N) is 1. The molecule has 2 aromatic carbocycles. The third kappa shape index (κ3) is 97.7. The maximum atomic E-state index is 8.84. The predicted molar refractivity (Wildman–Crippen MR) is 584 cm³/mol. The van der Waals surface area contributed by atoms with Gasteiger partial charge in [-0.1, -0.05) is 401 Å². The topological polar surface area (TPSA) is 163 Å². The van der Waals surface area contributed by atoms with Gasteiger partial charge in [0.1, 0.15) is 0 Å². The number of ether oxygens (including phenoxy) is 2. The van der Waals surface area contributed by atoms with Gasteiger partial charge in [-0.25, -0.2) is 0 Å². The standard InChI is InChI=1S/C13H18.C12H16.2C8H16.C7H14O.3C7H14.C6H13N.C6H12.C6H10.C5H9N3O.C5H11N.2C5H10O.C5H10S.C4H6O.C3H6O.H2/c1-3-7-12(8-4-1)11-13-9-5-2-6-10-13;1-3-7-11(8-4-1)12-9-5-2-6-10-12;1-7-4-3-5-8(2)6-7;1-2-8-6-4-3-5-7-8;1-6-4-3-5-7(2)8-6;4*1-7-5-3-2-4-6-7;2*1-2-4-6-5-3-1;1-2-3-5(9)4-7-8-6;2*1-2-4-6-5-3-1;1-2-3-4-5-6;1-2-4-6-5-3-1;1-2-3-4-5;1-2-3-4;/h1,3-4,7-8,13H,2,5-6,9-11H2;1,3-4,7-8,12H,2,5-6,9-10H2;7-8H,3-6H2,1-2H3;8H,2-7H2,1H3;6-7H,3-5H2,1-2H3;3*7H,2-6H2,1H3;2-6H2,1H3;1-6H2;1-2H,3-6H2;2,5,9H,1,3-4H2;6H,1-5H2;1-5H2;2,6H,1,3-5H2;1-5H2;1,5H,3-4H2;2,4H,1,3H2;1H/i;;;;;;;;;;;;;;;;;;1+1. The van der Waals surface area contributed by atoms with E-state index >= 15 is 0 Å².